The summed E-state index contributed by atoms with van der Waals surface area (Å²) >= 11 is 1.32. The molecule has 2 bridgehead atoms. The van der Waals surface area contributed by atoms with Crippen molar-refractivity contribution in [3.8, 4) is 17.2 Å². The van der Waals surface area contributed by atoms with E-state index in [0.717, 1.165) is 24.8 Å². The number of rotatable bonds is 6. The molecule has 9 nitrogen and oxygen atoms in total. The summed E-state index contributed by atoms with van der Waals surface area (Å²) in [6.07, 6.45) is 1.83. The van der Waals surface area contributed by atoms with Crippen molar-refractivity contribution in [1.29, 1.82) is 5.26 Å². The fourth-order valence-electron chi connectivity index (χ4n) is 5.92. The number of fused-ring (bicyclic) bond motifs is 2. The van der Waals surface area contributed by atoms with Gasteiger partial charge in [0, 0.05) is 25.6 Å². The Labute approximate surface area is 243 Å². The van der Waals surface area contributed by atoms with E-state index in [1.165, 1.54) is 22.3 Å². The fraction of sp³-hybridized carbons (Fsp3) is 0.533. The quantitative estimate of drug-likeness (QED) is 0.542. The van der Waals surface area contributed by atoms with Crippen LogP contribution >= 0.6 is 11.3 Å². The summed E-state index contributed by atoms with van der Waals surface area (Å²) in [4.78, 5) is 42.9. The summed E-state index contributed by atoms with van der Waals surface area (Å²) in [7, 11) is 0. The first-order chi connectivity index (χ1) is 19.5. The number of hydrogen-bond donors (Lipinski definition) is 1. The summed E-state index contributed by atoms with van der Waals surface area (Å²) in [5, 5.41) is 14.4. The van der Waals surface area contributed by atoms with Crippen LogP contribution in [0, 0.1) is 23.1 Å². The molecule has 1 saturated carbocycles. The molecule has 3 amide bonds. The topological polar surface area (TPSA) is 112 Å². The molecule has 4 atom stereocenters. The van der Waals surface area contributed by atoms with Gasteiger partial charge in [0.25, 0.3) is 5.91 Å². The average molecular weight is 583 g/mol. The second kappa shape index (κ2) is 11.8. The van der Waals surface area contributed by atoms with Crippen LogP contribution in [0.5, 0.6) is 0 Å². The lowest BCUT2D eigenvalue weighted by atomic mass is 9.97. The van der Waals surface area contributed by atoms with Crippen LogP contribution in [0.4, 0.5) is 9.18 Å². The van der Waals surface area contributed by atoms with Crippen LogP contribution in [0.25, 0.3) is 11.1 Å². The Morgan fingerprint density at radius 1 is 1.20 bits per heavy atom. The Morgan fingerprint density at radius 3 is 2.63 bits per heavy atom. The number of nitriles is 1. The van der Waals surface area contributed by atoms with Gasteiger partial charge in [-0.15, -0.1) is 11.3 Å². The largest absolute Gasteiger partial charge is 0.444 e. The molecule has 0 unspecified atom stereocenters. The molecular formula is C30H35FN4O5S. The maximum Gasteiger partial charge on any atom is 0.411 e. The van der Waals surface area contributed by atoms with Crippen molar-refractivity contribution in [2.45, 2.75) is 70.2 Å². The standard InChI is InChI=1S/C30H35FN4O5S/c1-30(2,3)40-29(38)35-23-7-6-20(13-23)26(35)27(36)33-22(16-32)12-19-5-4-18(14-24(19)31)21-15-25(41-17-21)28(37)34-8-10-39-11-9-34/h4-5,14-15,17,20,22-23,26H,6-13H2,1-3H3,(H,33,36)/t20-,22-,23+,26-/m0/s1. The highest BCUT2D eigenvalue weighted by atomic mass is 32.1. The number of halogens is 1. The summed E-state index contributed by atoms with van der Waals surface area (Å²) in [5.74, 6) is -0.967. The zero-order valence-corrected chi connectivity index (χ0v) is 24.3. The van der Waals surface area contributed by atoms with Crippen LogP contribution in [0.2, 0.25) is 0 Å². The predicted octanol–water partition coefficient (Wildman–Crippen LogP) is 4.37. The van der Waals surface area contributed by atoms with Gasteiger partial charge >= 0.3 is 6.09 Å². The molecule has 0 spiro atoms. The zero-order chi connectivity index (χ0) is 29.3. The summed E-state index contributed by atoms with van der Waals surface area (Å²) < 4.78 is 26.1. The lowest BCUT2D eigenvalue weighted by molar-refractivity contribution is -0.128. The molecule has 3 heterocycles. The van der Waals surface area contributed by atoms with E-state index < -0.39 is 35.5 Å². The Kier molecular flexibility index (Phi) is 8.34. The lowest BCUT2D eigenvalue weighted by Crippen LogP contribution is -2.55. The number of morpholine rings is 1. The monoisotopic (exact) mass is 582 g/mol. The van der Waals surface area contributed by atoms with Crippen LogP contribution in [0.15, 0.2) is 29.6 Å². The van der Waals surface area contributed by atoms with Gasteiger partial charge in [0.05, 0.1) is 24.2 Å². The third-order valence-electron chi connectivity index (χ3n) is 7.85. The van der Waals surface area contributed by atoms with E-state index in [-0.39, 0.29) is 29.9 Å². The van der Waals surface area contributed by atoms with Crippen molar-refractivity contribution in [2.75, 3.05) is 26.3 Å². The van der Waals surface area contributed by atoms with Crippen LogP contribution in [0.1, 0.15) is 55.3 Å². The van der Waals surface area contributed by atoms with E-state index in [1.807, 2.05) is 5.38 Å². The Hall–Kier alpha value is -3.49. The number of benzene rings is 1. The van der Waals surface area contributed by atoms with Crippen molar-refractivity contribution in [2.24, 2.45) is 5.92 Å². The first-order valence-corrected chi connectivity index (χ1v) is 14.9. The second-order valence-electron chi connectivity index (χ2n) is 11.9. The van der Waals surface area contributed by atoms with Gasteiger partial charge < -0.3 is 19.7 Å². The minimum Gasteiger partial charge on any atom is -0.444 e. The van der Waals surface area contributed by atoms with Crippen LogP contribution < -0.4 is 5.32 Å². The third-order valence-corrected chi connectivity index (χ3v) is 8.77. The van der Waals surface area contributed by atoms with Gasteiger partial charge in [0.15, 0.2) is 0 Å². The van der Waals surface area contributed by atoms with Gasteiger partial charge in [-0.3, -0.25) is 14.5 Å². The molecule has 1 N–H and O–H groups in total. The van der Waals surface area contributed by atoms with E-state index in [9.17, 15) is 19.6 Å². The van der Waals surface area contributed by atoms with Gasteiger partial charge in [-0.2, -0.15) is 5.26 Å². The molecule has 41 heavy (non-hydrogen) atoms. The molecule has 11 heteroatoms. The number of carbonyl (C=O) groups excluding carboxylic acids is 3. The minimum atomic E-state index is -0.971. The van der Waals surface area contributed by atoms with Gasteiger partial charge in [-0.05, 0) is 80.2 Å². The zero-order valence-electron chi connectivity index (χ0n) is 23.5. The molecule has 218 valence electrons. The van der Waals surface area contributed by atoms with Crippen LogP contribution in [0.3, 0.4) is 0 Å². The van der Waals surface area contributed by atoms with Gasteiger partial charge in [0.1, 0.15) is 23.5 Å². The highest BCUT2D eigenvalue weighted by molar-refractivity contribution is 7.12. The van der Waals surface area contributed by atoms with Gasteiger partial charge in [0.2, 0.25) is 5.91 Å². The number of piperidine rings is 1. The number of hydrogen-bond acceptors (Lipinski definition) is 7. The number of likely N-dealkylation sites (tertiary alicyclic amines) is 1. The molecular weight excluding hydrogens is 547 g/mol. The van der Waals surface area contributed by atoms with E-state index >= 15 is 4.39 Å². The molecule has 1 aliphatic carbocycles. The van der Waals surface area contributed by atoms with Crippen molar-refractivity contribution < 1.29 is 28.2 Å². The highest BCUT2D eigenvalue weighted by Gasteiger charge is 2.52. The van der Waals surface area contributed by atoms with Gasteiger partial charge in [-0.25, -0.2) is 9.18 Å². The van der Waals surface area contributed by atoms with Crippen LogP contribution in [-0.2, 0) is 20.7 Å². The lowest BCUT2D eigenvalue weighted by Gasteiger charge is -2.35. The van der Waals surface area contributed by atoms with E-state index in [1.54, 1.807) is 43.9 Å². The SMILES string of the molecule is CC(C)(C)OC(=O)N1[C@@H]2CC[C@@H](C2)[C@H]1C(=O)N[C@H](C#N)Cc1ccc(-c2csc(C(=O)N3CCOCC3)c2)cc1F. The number of thiophene rings is 1. The minimum absolute atomic E-state index is 0.00788. The van der Waals surface area contributed by atoms with E-state index in [4.69, 9.17) is 9.47 Å². The molecule has 2 aliphatic heterocycles. The predicted molar refractivity (Wildman–Crippen MR) is 151 cm³/mol. The summed E-state index contributed by atoms with van der Waals surface area (Å²) in [6, 6.07) is 6.84. The Balaban J connectivity index is 1.24. The summed E-state index contributed by atoms with van der Waals surface area (Å²) in [5.41, 5.74) is 0.955. The number of nitrogens with zero attached hydrogens (tertiary/aromatic N) is 3. The molecule has 1 aromatic carbocycles. The number of carbonyl (C=O) groups is 3. The number of ether oxygens (including phenoxy) is 2. The maximum atomic E-state index is 15.2. The molecule has 0 radical (unpaired) electrons. The molecule has 3 aliphatic rings. The van der Waals surface area contributed by atoms with Crippen molar-refractivity contribution in [3.05, 3.63) is 45.9 Å². The van der Waals surface area contributed by atoms with E-state index in [2.05, 4.69) is 11.4 Å². The smallest absolute Gasteiger partial charge is 0.411 e. The molecule has 1 aromatic heterocycles. The summed E-state index contributed by atoms with van der Waals surface area (Å²) in [6.45, 7) is 7.47. The molecule has 2 saturated heterocycles. The average Bonchev–Trinajstić information content (AvgIpc) is 3.69. The van der Waals surface area contributed by atoms with Gasteiger partial charge in [-0.1, -0.05) is 12.1 Å². The van der Waals surface area contributed by atoms with Crippen molar-refractivity contribution in [3.63, 3.8) is 0 Å². The third kappa shape index (κ3) is 6.39. The van der Waals surface area contributed by atoms with Crippen molar-refractivity contribution in [1.82, 2.24) is 15.1 Å². The highest BCUT2D eigenvalue weighted by Crippen LogP contribution is 2.43. The normalized spacial score (nSPS) is 22.8. The fourth-order valence-corrected chi connectivity index (χ4v) is 6.81. The molecule has 5 rings (SSSR count). The maximum absolute atomic E-state index is 15.2. The van der Waals surface area contributed by atoms with Crippen LogP contribution in [-0.4, -0.2) is 77.7 Å². The first-order valence-electron chi connectivity index (χ1n) is 14.0. The Bertz CT molecular complexity index is 1360. The number of amides is 3. The second-order valence-corrected chi connectivity index (χ2v) is 12.8. The van der Waals surface area contributed by atoms with Crippen molar-refractivity contribution >= 4 is 29.2 Å². The Morgan fingerprint density at radius 2 is 1.95 bits per heavy atom. The molecule has 2 aromatic rings. The first kappa shape index (κ1) is 29.0. The van der Waals surface area contributed by atoms with E-state index in [0.29, 0.717) is 36.7 Å². The molecule has 3 fully saturated rings. The number of nitrogens with one attached hydrogen (secondary N) is 1.